The van der Waals surface area contributed by atoms with E-state index in [2.05, 4.69) is 26.0 Å². The third kappa shape index (κ3) is 3.25. The van der Waals surface area contributed by atoms with Crippen molar-refractivity contribution in [3.05, 3.63) is 40.4 Å². The van der Waals surface area contributed by atoms with Crippen molar-refractivity contribution < 1.29 is 17.9 Å². The summed E-state index contributed by atoms with van der Waals surface area (Å²) in [4.78, 5) is 3.33. The van der Waals surface area contributed by atoms with E-state index >= 15 is 0 Å². The highest BCUT2D eigenvalue weighted by Crippen LogP contribution is 2.29. The van der Waals surface area contributed by atoms with Gasteiger partial charge in [-0.1, -0.05) is 12.1 Å². The van der Waals surface area contributed by atoms with Gasteiger partial charge in [0, 0.05) is 0 Å². The quantitative estimate of drug-likeness (QED) is 0.865. The summed E-state index contributed by atoms with van der Waals surface area (Å²) < 4.78 is 43.9. The van der Waals surface area contributed by atoms with Gasteiger partial charge in [-0.25, -0.2) is 4.68 Å². The molecule has 19 heavy (non-hydrogen) atoms. The number of halogens is 4. The Kier molecular flexibility index (Phi) is 3.79. The summed E-state index contributed by atoms with van der Waals surface area (Å²) in [5, 5.41) is 3.69. The lowest BCUT2D eigenvalue weighted by Gasteiger charge is -2.08. The molecule has 0 saturated heterocycles. The summed E-state index contributed by atoms with van der Waals surface area (Å²) in [5.74, 6) is -0.394. The maximum absolute atomic E-state index is 12.7. The van der Waals surface area contributed by atoms with E-state index in [1.165, 1.54) is 7.11 Å². The second-order valence-corrected chi connectivity index (χ2v) is 4.42. The van der Waals surface area contributed by atoms with E-state index in [4.69, 9.17) is 4.74 Å². The Labute approximate surface area is 115 Å². The molecule has 2 rings (SSSR count). The van der Waals surface area contributed by atoms with Crippen LogP contribution < -0.4 is 4.74 Å². The van der Waals surface area contributed by atoms with Gasteiger partial charge in [0.15, 0.2) is 0 Å². The van der Waals surface area contributed by atoms with Gasteiger partial charge in [-0.2, -0.15) is 18.2 Å². The van der Waals surface area contributed by atoms with Crippen LogP contribution in [0.5, 0.6) is 5.75 Å². The summed E-state index contributed by atoms with van der Waals surface area (Å²) in [5.41, 5.74) is 0.670. The molecule has 0 aliphatic rings. The van der Waals surface area contributed by atoms with Crippen molar-refractivity contribution in [2.45, 2.75) is 12.7 Å². The van der Waals surface area contributed by atoms with Crippen LogP contribution in [0.3, 0.4) is 0 Å². The number of hydrogen-bond acceptors (Lipinski definition) is 3. The molecule has 0 saturated carbocycles. The number of nitrogens with zero attached hydrogens (tertiary/aromatic N) is 3. The Morgan fingerprint density at radius 1 is 1.26 bits per heavy atom. The van der Waals surface area contributed by atoms with Gasteiger partial charge >= 0.3 is 6.18 Å². The number of benzene rings is 1. The van der Waals surface area contributed by atoms with Crippen LogP contribution in [0.1, 0.15) is 11.4 Å². The van der Waals surface area contributed by atoms with E-state index in [-0.39, 0.29) is 11.3 Å². The van der Waals surface area contributed by atoms with Gasteiger partial charge in [-0.3, -0.25) is 0 Å². The van der Waals surface area contributed by atoms with Crippen LogP contribution >= 0.6 is 15.9 Å². The van der Waals surface area contributed by atoms with Crippen molar-refractivity contribution in [1.29, 1.82) is 0 Å². The Hall–Kier alpha value is -1.57. The SMILES string of the molecule is COc1ccc(Cn2nc(Br)nc2C(F)(F)F)cc1. The van der Waals surface area contributed by atoms with Gasteiger partial charge in [0.1, 0.15) is 5.75 Å². The number of hydrogen-bond donors (Lipinski definition) is 0. The van der Waals surface area contributed by atoms with Gasteiger partial charge in [0.2, 0.25) is 10.6 Å². The van der Waals surface area contributed by atoms with E-state index in [0.29, 0.717) is 11.3 Å². The number of ether oxygens (including phenoxy) is 1. The molecular formula is C11H9BrF3N3O. The average Bonchev–Trinajstić information content (AvgIpc) is 2.71. The maximum atomic E-state index is 12.7. The van der Waals surface area contributed by atoms with Gasteiger partial charge < -0.3 is 4.74 Å². The fourth-order valence-electron chi connectivity index (χ4n) is 1.54. The lowest BCUT2D eigenvalue weighted by atomic mass is 10.2. The normalized spacial score (nSPS) is 11.6. The van der Waals surface area contributed by atoms with E-state index < -0.39 is 12.0 Å². The largest absolute Gasteiger partial charge is 0.497 e. The zero-order valence-corrected chi connectivity index (χ0v) is 11.4. The summed E-state index contributed by atoms with van der Waals surface area (Å²) in [7, 11) is 1.52. The molecule has 0 aliphatic carbocycles. The first-order valence-electron chi connectivity index (χ1n) is 5.20. The van der Waals surface area contributed by atoms with Crippen molar-refractivity contribution >= 4 is 15.9 Å². The number of methoxy groups -OCH3 is 1. The molecule has 8 heteroatoms. The Balaban J connectivity index is 2.27. The zero-order valence-electron chi connectivity index (χ0n) is 9.78. The minimum absolute atomic E-state index is 0.0164. The fraction of sp³-hybridized carbons (Fsp3) is 0.273. The molecule has 0 spiro atoms. The standard InChI is InChI=1S/C11H9BrF3N3O/c1-19-8-4-2-7(3-5-8)6-18-9(11(13,14)15)16-10(12)17-18/h2-5H,6H2,1H3. The van der Waals surface area contributed by atoms with E-state index in [9.17, 15) is 13.2 Å². The number of alkyl halides is 3. The summed E-state index contributed by atoms with van der Waals surface area (Å²) in [6.07, 6.45) is -4.54. The minimum atomic E-state index is -4.54. The molecule has 0 aliphatic heterocycles. The van der Waals surface area contributed by atoms with Crippen LogP contribution in [-0.2, 0) is 12.7 Å². The Morgan fingerprint density at radius 2 is 1.89 bits per heavy atom. The van der Waals surface area contributed by atoms with Crippen LogP contribution in [0, 0.1) is 0 Å². The molecule has 0 atom stereocenters. The topological polar surface area (TPSA) is 39.9 Å². The second-order valence-electron chi connectivity index (χ2n) is 3.71. The van der Waals surface area contributed by atoms with Crippen molar-refractivity contribution in [3.63, 3.8) is 0 Å². The molecule has 1 heterocycles. The lowest BCUT2D eigenvalue weighted by Crippen LogP contribution is -2.16. The fourth-order valence-corrected chi connectivity index (χ4v) is 1.90. The molecule has 0 N–H and O–H groups in total. The maximum Gasteiger partial charge on any atom is 0.451 e. The molecule has 0 bridgehead atoms. The Morgan fingerprint density at radius 3 is 2.42 bits per heavy atom. The summed E-state index contributed by atoms with van der Waals surface area (Å²) in [6, 6.07) is 6.70. The van der Waals surface area contributed by atoms with Gasteiger partial charge in [0.05, 0.1) is 13.7 Å². The molecule has 0 fully saturated rings. The predicted molar refractivity (Wildman–Crippen MR) is 64.8 cm³/mol. The first kappa shape index (κ1) is 13.9. The summed E-state index contributed by atoms with van der Waals surface area (Å²) >= 11 is 2.85. The predicted octanol–water partition coefficient (Wildman–Crippen LogP) is 3.12. The molecule has 0 radical (unpaired) electrons. The van der Waals surface area contributed by atoms with E-state index in [0.717, 1.165) is 4.68 Å². The van der Waals surface area contributed by atoms with Crippen LogP contribution in [0.25, 0.3) is 0 Å². The summed E-state index contributed by atoms with van der Waals surface area (Å²) in [6.45, 7) is -0.0164. The van der Waals surface area contributed by atoms with E-state index in [1.807, 2.05) is 0 Å². The zero-order chi connectivity index (χ0) is 14.0. The molecule has 2 aromatic rings. The lowest BCUT2D eigenvalue weighted by molar-refractivity contribution is -0.147. The Bertz CT molecular complexity index is 566. The second kappa shape index (κ2) is 5.20. The van der Waals surface area contributed by atoms with E-state index in [1.54, 1.807) is 24.3 Å². The number of rotatable bonds is 3. The van der Waals surface area contributed by atoms with Crippen molar-refractivity contribution in [2.24, 2.45) is 0 Å². The third-order valence-corrected chi connectivity index (χ3v) is 2.73. The molecule has 102 valence electrons. The van der Waals surface area contributed by atoms with Crippen LogP contribution in [0.4, 0.5) is 13.2 Å². The molecule has 1 aromatic heterocycles. The first-order valence-corrected chi connectivity index (χ1v) is 6.00. The van der Waals surface area contributed by atoms with Gasteiger partial charge in [-0.05, 0) is 33.6 Å². The first-order chi connectivity index (χ1) is 8.90. The van der Waals surface area contributed by atoms with Crippen molar-refractivity contribution in [3.8, 4) is 5.75 Å². The van der Waals surface area contributed by atoms with Gasteiger partial charge in [-0.15, -0.1) is 5.10 Å². The molecule has 1 aromatic carbocycles. The number of aromatic nitrogens is 3. The van der Waals surface area contributed by atoms with Crippen molar-refractivity contribution in [1.82, 2.24) is 14.8 Å². The highest BCUT2D eigenvalue weighted by Gasteiger charge is 2.37. The molecular weight excluding hydrogens is 327 g/mol. The van der Waals surface area contributed by atoms with Crippen molar-refractivity contribution in [2.75, 3.05) is 7.11 Å². The highest BCUT2D eigenvalue weighted by molar-refractivity contribution is 9.10. The highest BCUT2D eigenvalue weighted by atomic mass is 79.9. The third-order valence-electron chi connectivity index (χ3n) is 2.39. The van der Waals surface area contributed by atoms with Crippen LogP contribution in [0.15, 0.2) is 29.0 Å². The average molecular weight is 336 g/mol. The monoisotopic (exact) mass is 335 g/mol. The van der Waals surface area contributed by atoms with Crippen LogP contribution in [0.2, 0.25) is 0 Å². The van der Waals surface area contributed by atoms with Crippen LogP contribution in [-0.4, -0.2) is 21.9 Å². The molecule has 0 unspecified atom stereocenters. The smallest absolute Gasteiger partial charge is 0.451 e. The minimum Gasteiger partial charge on any atom is -0.497 e. The van der Waals surface area contributed by atoms with Gasteiger partial charge in [0.25, 0.3) is 0 Å². The molecule has 4 nitrogen and oxygen atoms in total. The molecule has 0 amide bonds.